The summed E-state index contributed by atoms with van der Waals surface area (Å²) in [4.78, 5) is 16.5. The van der Waals surface area contributed by atoms with Gasteiger partial charge >= 0.3 is 6.18 Å². The van der Waals surface area contributed by atoms with Gasteiger partial charge in [0.15, 0.2) is 16.6 Å². The summed E-state index contributed by atoms with van der Waals surface area (Å²) in [6.45, 7) is 4.68. The Morgan fingerprint density at radius 1 is 1.20 bits per heavy atom. The van der Waals surface area contributed by atoms with Crippen molar-refractivity contribution in [2.24, 2.45) is 5.10 Å². The van der Waals surface area contributed by atoms with Gasteiger partial charge in [-0.2, -0.15) is 18.3 Å². The number of alkyl halides is 3. The number of hydrazone groups is 1. The van der Waals surface area contributed by atoms with E-state index >= 15 is 0 Å². The molecule has 0 saturated heterocycles. The molecule has 1 amide bonds. The van der Waals surface area contributed by atoms with Crippen molar-refractivity contribution in [1.29, 1.82) is 0 Å². The average Bonchev–Trinajstić information content (AvgIpc) is 3.22. The van der Waals surface area contributed by atoms with Gasteiger partial charge in [-0.25, -0.2) is 10.4 Å². The third-order valence-corrected chi connectivity index (χ3v) is 5.75. The number of nitrogens with one attached hydrogen (secondary N) is 2. The summed E-state index contributed by atoms with van der Waals surface area (Å²) in [6.07, 6.45) is -3.01. The minimum absolute atomic E-state index is 0.0464. The number of carbonyl (C=O) groups is 1. The van der Waals surface area contributed by atoms with E-state index in [1.165, 1.54) is 29.7 Å². The van der Waals surface area contributed by atoms with E-state index in [-0.39, 0.29) is 12.1 Å². The van der Waals surface area contributed by atoms with Crippen LogP contribution in [0.5, 0.6) is 11.5 Å². The third kappa shape index (κ3) is 7.69. The second-order valence-electron chi connectivity index (χ2n) is 7.01. The number of anilines is 2. The van der Waals surface area contributed by atoms with E-state index < -0.39 is 17.6 Å². The first kappa shape index (κ1) is 26.5. The minimum Gasteiger partial charge on any atom is -0.490 e. The lowest BCUT2D eigenvalue weighted by atomic mass is 10.2. The number of ether oxygens (including phenoxy) is 2. The molecular weight excluding hydrogens is 549 g/mol. The molecule has 1 aromatic heterocycles. The van der Waals surface area contributed by atoms with Gasteiger partial charge in [0.2, 0.25) is 5.91 Å². The molecule has 0 radical (unpaired) electrons. The summed E-state index contributed by atoms with van der Waals surface area (Å²) in [5.41, 5.74) is 3.07. The van der Waals surface area contributed by atoms with Gasteiger partial charge in [0.25, 0.3) is 0 Å². The topological polar surface area (TPSA) is 84.8 Å². The van der Waals surface area contributed by atoms with E-state index in [0.717, 1.165) is 12.1 Å². The van der Waals surface area contributed by atoms with Gasteiger partial charge < -0.3 is 14.8 Å². The Balaban J connectivity index is 1.58. The van der Waals surface area contributed by atoms with Gasteiger partial charge in [-0.05, 0) is 65.7 Å². The zero-order chi connectivity index (χ0) is 25.4. The van der Waals surface area contributed by atoms with E-state index in [0.29, 0.717) is 45.6 Å². The Kier molecular flexibility index (Phi) is 9.10. The zero-order valence-corrected chi connectivity index (χ0v) is 21.2. The van der Waals surface area contributed by atoms with Crippen LogP contribution in [0.25, 0.3) is 0 Å². The standard InChI is InChI=1S/C23H22BrF3N4O3S/c1-3-33-19-9-14(8-18(24)21(19)34-4-2)12-28-31-20(32)11-17-13-35-22(30-17)29-16-7-5-6-15(10-16)23(25,26)27/h5-10,12-13H,3-4,11H2,1-2H3,(H,29,30)(H,31,32)/b28-12-. The first-order chi connectivity index (χ1) is 16.7. The molecular formula is C23H22BrF3N4O3S. The molecule has 0 spiro atoms. The van der Waals surface area contributed by atoms with E-state index in [4.69, 9.17) is 9.47 Å². The maximum atomic E-state index is 12.9. The molecule has 0 aliphatic heterocycles. The molecule has 0 aliphatic rings. The highest BCUT2D eigenvalue weighted by atomic mass is 79.9. The summed E-state index contributed by atoms with van der Waals surface area (Å²) in [7, 11) is 0. The number of nitrogens with zero attached hydrogens (tertiary/aromatic N) is 2. The Bertz CT molecular complexity index is 1200. The number of halogens is 4. The van der Waals surface area contributed by atoms with Gasteiger partial charge in [0.1, 0.15) is 0 Å². The molecule has 12 heteroatoms. The van der Waals surface area contributed by atoms with Crippen LogP contribution in [0.1, 0.15) is 30.7 Å². The summed E-state index contributed by atoms with van der Waals surface area (Å²) in [5.74, 6) is 0.751. The van der Waals surface area contributed by atoms with Crippen LogP contribution in [-0.2, 0) is 17.4 Å². The smallest absolute Gasteiger partial charge is 0.416 e. The third-order valence-electron chi connectivity index (χ3n) is 4.36. The zero-order valence-electron chi connectivity index (χ0n) is 18.8. The molecule has 0 unspecified atom stereocenters. The molecule has 3 rings (SSSR count). The largest absolute Gasteiger partial charge is 0.490 e. The Morgan fingerprint density at radius 3 is 2.69 bits per heavy atom. The predicted octanol–water partition coefficient (Wildman–Crippen LogP) is 6.16. The van der Waals surface area contributed by atoms with Gasteiger partial charge in [0, 0.05) is 11.1 Å². The summed E-state index contributed by atoms with van der Waals surface area (Å²) in [6, 6.07) is 8.35. The van der Waals surface area contributed by atoms with Crippen molar-refractivity contribution in [2.45, 2.75) is 26.4 Å². The fourth-order valence-corrected chi connectivity index (χ4v) is 4.24. The molecule has 0 fully saturated rings. The summed E-state index contributed by atoms with van der Waals surface area (Å²) in [5, 5.41) is 8.83. The van der Waals surface area contributed by atoms with Crippen LogP contribution in [0, 0.1) is 0 Å². The number of amides is 1. The maximum absolute atomic E-state index is 12.9. The van der Waals surface area contributed by atoms with Gasteiger partial charge in [-0.1, -0.05) is 6.07 Å². The van der Waals surface area contributed by atoms with Crippen molar-refractivity contribution >= 4 is 50.2 Å². The van der Waals surface area contributed by atoms with Crippen LogP contribution in [0.15, 0.2) is 51.4 Å². The fraction of sp³-hybridized carbons (Fsp3) is 0.261. The highest BCUT2D eigenvalue weighted by Crippen LogP contribution is 2.36. The predicted molar refractivity (Wildman–Crippen MR) is 133 cm³/mol. The van der Waals surface area contributed by atoms with Gasteiger partial charge in [-0.15, -0.1) is 11.3 Å². The van der Waals surface area contributed by atoms with Crippen molar-refractivity contribution in [3.8, 4) is 11.5 Å². The van der Waals surface area contributed by atoms with Gasteiger partial charge in [-0.3, -0.25) is 4.79 Å². The minimum atomic E-state index is -4.43. The number of benzene rings is 2. The van der Waals surface area contributed by atoms with Crippen LogP contribution in [-0.4, -0.2) is 30.3 Å². The molecule has 2 aromatic carbocycles. The van der Waals surface area contributed by atoms with Crippen molar-refractivity contribution in [2.75, 3.05) is 18.5 Å². The number of carbonyl (C=O) groups excluding carboxylic acids is 1. The number of hydrogen-bond donors (Lipinski definition) is 2. The van der Waals surface area contributed by atoms with Crippen LogP contribution in [0.3, 0.4) is 0 Å². The maximum Gasteiger partial charge on any atom is 0.416 e. The second-order valence-corrected chi connectivity index (χ2v) is 8.73. The molecule has 0 atom stereocenters. The van der Waals surface area contributed by atoms with Crippen molar-refractivity contribution in [3.63, 3.8) is 0 Å². The molecule has 186 valence electrons. The quantitative estimate of drug-likeness (QED) is 0.225. The molecule has 2 N–H and O–H groups in total. The van der Waals surface area contributed by atoms with E-state index in [1.54, 1.807) is 17.5 Å². The fourth-order valence-electron chi connectivity index (χ4n) is 2.93. The Hall–Kier alpha value is -3.12. The lowest BCUT2D eigenvalue weighted by Crippen LogP contribution is -2.20. The average molecular weight is 571 g/mol. The SMILES string of the molecule is CCOc1cc(/C=N\NC(=O)Cc2csc(Nc3cccc(C(F)(F)F)c3)n2)cc(Br)c1OCC. The number of aromatic nitrogens is 1. The first-order valence-electron chi connectivity index (χ1n) is 10.5. The highest BCUT2D eigenvalue weighted by Gasteiger charge is 2.30. The molecule has 0 saturated carbocycles. The summed E-state index contributed by atoms with van der Waals surface area (Å²) < 4.78 is 50.5. The van der Waals surface area contributed by atoms with E-state index in [2.05, 4.69) is 36.8 Å². The van der Waals surface area contributed by atoms with Crippen LogP contribution in [0.4, 0.5) is 24.0 Å². The first-order valence-corrected chi connectivity index (χ1v) is 12.2. The molecule has 7 nitrogen and oxygen atoms in total. The van der Waals surface area contributed by atoms with Crippen LogP contribution < -0.4 is 20.2 Å². The van der Waals surface area contributed by atoms with E-state index in [9.17, 15) is 18.0 Å². The molecule has 3 aromatic rings. The van der Waals surface area contributed by atoms with Crippen LogP contribution in [0.2, 0.25) is 0 Å². The van der Waals surface area contributed by atoms with Gasteiger partial charge in [0.05, 0.1) is 41.6 Å². The Labute approximate surface area is 212 Å². The number of thiazole rings is 1. The number of rotatable bonds is 10. The van der Waals surface area contributed by atoms with Crippen molar-refractivity contribution in [1.82, 2.24) is 10.4 Å². The Morgan fingerprint density at radius 2 is 1.97 bits per heavy atom. The van der Waals surface area contributed by atoms with E-state index in [1.807, 2.05) is 13.8 Å². The van der Waals surface area contributed by atoms with Crippen molar-refractivity contribution < 1.29 is 27.4 Å². The monoisotopic (exact) mass is 570 g/mol. The molecule has 0 bridgehead atoms. The second kappa shape index (κ2) is 12.0. The lowest BCUT2D eigenvalue weighted by molar-refractivity contribution is -0.137. The highest BCUT2D eigenvalue weighted by molar-refractivity contribution is 9.10. The van der Waals surface area contributed by atoms with Crippen LogP contribution >= 0.6 is 27.3 Å². The van der Waals surface area contributed by atoms with Crippen molar-refractivity contribution in [3.05, 3.63) is 63.1 Å². The molecule has 0 aliphatic carbocycles. The normalized spacial score (nSPS) is 11.5. The number of hydrogen-bond acceptors (Lipinski definition) is 7. The molecule has 35 heavy (non-hydrogen) atoms. The summed E-state index contributed by atoms with van der Waals surface area (Å²) >= 11 is 4.63. The molecule has 1 heterocycles. The lowest BCUT2D eigenvalue weighted by Gasteiger charge is -2.13.